The summed E-state index contributed by atoms with van der Waals surface area (Å²) >= 11 is 0. The molecule has 0 radical (unpaired) electrons. The second-order valence-electron chi connectivity index (χ2n) is 5.75. The summed E-state index contributed by atoms with van der Waals surface area (Å²) in [6.45, 7) is 7.69. The molecule has 1 aromatic rings. The van der Waals surface area contributed by atoms with Crippen molar-refractivity contribution in [2.45, 2.75) is 32.5 Å². The summed E-state index contributed by atoms with van der Waals surface area (Å²) in [5, 5.41) is 6.87. The van der Waals surface area contributed by atoms with E-state index < -0.39 is 0 Å². The molecule has 0 saturated carbocycles. The van der Waals surface area contributed by atoms with Crippen LogP contribution >= 0.6 is 0 Å². The second-order valence-corrected chi connectivity index (χ2v) is 5.75. The van der Waals surface area contributed by atoms with Crippen molar-refractivity contribution < 1.29 is 14.2 Å². The fourth-order valence-electron chi connectivity index (χ4n) is 2.87. The van der Waals surface area contributed by atoms with E-state index >= 15 is 0 Å². The van der Waals surface area contributed by atoms with E-state index in [0.717, 1.165) is 43.3 Å². The summed E-state index contributed by atoms with van der Waals surface area (Å²) < 4.78 is 16.6. The second kappa shape index (κ2) is 8.54. The number of ether oxygens (including phenoxy) is 3. The van der Waals surface area contributed by atoms with Crippen molar-refractivity contribution in [1.29, 1.82) is 0 Å². The molecular formula is C16H26N4O3. The van der Waals surface area contributed by atoms with E-state index in [-0.39, 0.29) is 6.10 Å². The maximum atomic E-state index is 5.70. The van der Waals surface area contributed by atoms with Crippen molar-refractivity contribution in [2.24, 2.45) is 0 Å². The summed E-state index contributed by atoms with van der Waals surface area (Å²) in [5.41, 5.74) is 2.34. The number of nitrogens with one attached hydrogen (secondary N) is 2. The molecule has 128 valence electrons. The van der Waals surface area contributed by atoms with Gasteiger partial charge in [-0.15, -0.1) is 0 Å². The van der Waals surface area contributed by atoms with Gasteiger partial charge in [-0.3, -0.25) is 0 Å². The Kier molecular flexibility index (Phi) is 6.15. The Labute approximate surface area is 137 Å². The lowest BCUT2D eigenvalue weighted by Gasteiger charge is -2.24. The van der Waals surface area contributed by atoms with Gasteiger partial charge in [-0.1, -0.05) is 0 Å². The van der Waals surface area contributed by atoms with Gasteiger partial charge in [-0.05, 0) is 19.9 Å². The number of fused-ring (bicyclic) bond motifs is 1. The third-order valence-corrected chi connectivity index (χ3v) is 4.05. The molecule has 7 heteroatoms. The van der Waals surface area contributed by atoms with Gasteiger partial charge in [0.05, 0.1) is 31.6 Å². The van der Waals surface area contributed by atoms with E-state index in [1.165, 1.54) is 5.56 Å². The Bertz CT molecular complexity index is 506. The molecule has 0 aromatic carbocycles. The highest BCUT2D eigenvalue weighted by Crippen LogP contribution is 2.20. The average molecular weight is 322 g/mol. The van der Waals surface area contributed by atoms with Crippen molar-refractivity contribution >= 4 is 5.82 Å². The molecule has 1 aromatic heterocycles. The van der Waals surface area contributed by atoms with Crippen LogP contribution in [0.25, 0.3) is 0 Å². The molecule has 1 saturated heterocycles. The van der Waals surface area contributed by atoms with Crippen LogP contribution in [0.1, 0.15) is 24.0 Å². The van der Waals surface area contributed by atoms with Gasteiger partial charge in [-0.2, -0.15) is 0 Å². The molecule has 2 aliphatic heterocycles. The average Bonchev–Trinajstić information content (AvgIpc) is 2.84. The standard InChI is InChI=1S/C16H26N4O3/c1-2-21-11-15-19-14-4-6-17-5-3-13(14)16(20-15)18-9-12-10-22-7-8-23-12/h12,17H,2-11H2,1H3,(H,18,19,20)/t12-/m0/s1. The summed E-state index contributed by atoms with van der Waals surface area (Å²) in [6.07, 6.45) is 1.94. The van der Waals surface area contributed by atoms with Crippen LogP contribution in [0.4, 0.5) is 5.82 Å². The zero-order chi connectivity index (χ0) is 15.9. The van der Waals surface area contributed by atoms with Crippen molar-refractivity contribution in [2.75, 3.05) is 51.4 Å². The molecule has 2 aliphatic rings. The van der Waals surface area contributed by atoms with E-state index in [1.54, 1.807) is 0 Å². The minimum atomic E-state index is 0.0774. The van der Waals surface area contributed by atoms with Gasteiger partial charge < -0.3 is 24.8 Å². The first kappa shape index (κ1) is 16.6. The van der Waals surface area contributed by atoms with E-state index in [1.807, 2.05) is 6.92 Å². The lowest BCUT2D eigenvalue weighted by molar-refractivity contribution is -0.0819. The first-order valence-corrected chi connectivity index (χ1v) is 8.47. The molecule has 3 rings (SSSR count). The summed E-state index contributed by atoms with van der Waals surface area (Å²) in [6, 6.07) is 0. The Balaban J connectivity index is 1.74. The number of hydrogen-bond acceptors (Lipinski definition) is 7. The van der Waals surface area contributed by atoms with Crippen LogP contribution in [0.15, 0.2) is 0 Å². The van der Waals surface area contributed by atoms with Crippen LogP contribution in [0.3, 0.4) is 0 Å². The SMILES string of the molecule is CCOCc1nc2c(c(NC[C@H]3COCCO3)n1)CCNCC2. The highest BCUT2D eigenvalue weighted by molar-refractivity contribution is 5.47. The minimum Gasteiger partial charge on any atom is -0.376 e. The summed E-state index contributed by atoms with van der Waals surface area (Å²) in [4.78, 5) is 9.37. The van der Waals surface area contributed by atoms with Gasteiger partial charge in [-0.25, -0.2) is 9.97 Å². The Morgan fingerprint density at radius 3 is 3.00 bits per heavy atom. The summed E-state index contributed by atoms with van der Waals surface area (Å²) in [5.74, 6) is 1.67. The van der Waals surface area contributed by atoms with Gasteiger partial charge in [0, 0.05) is 31.7 Å². The van der Waals surface area contributed by atoms with Crippen LogP contribution in [0.2, 0.25) is 0 Å². The highest BCUT2D eigenvalue weighted by atomic mass is 16.6. The van der Waals surface area contributed by atoms with Crippen LogP contribution in [0.5, 0.6) is 0 Å². The fraction of sp³-hybridized carbons (Fsp3) is 0.750. The van der Waals surface area contributed by atoms with Crippen LogP contribution in [-0.2, 0) is 33.7 Å². The molecule has 1 atom stereocenters. The van der Waals surface area contributed by atoms with Gasteiger partial charge in [0.15, 0.2) is 5.82 Å². The third kappa shape index (κ3) is 4.60. The molecule has 0 spiro atoms. The van der Waals surface area contributed by atoms with Gasteiger partial charge >= 0.3 is 0 Å². The highest BCUT2D eigenvalue weighted by Gasteiger charge is 2.19. The van der Waals surface area contributed by atoms with Gasteiger partial charge in [0.2, 0.25) is 0 Å². The molecule has 0 amide bonds. The maximum absolute atomic E-state index is 5.70. The third-order valence-electron chi connectivity index (χ3n) is 4.05. The normalized spacial score (nSPS) is 21.5. The first-order chi connectivity index (χ1) is 11.4. The molecular weight excluding hydrogens is 296 g/mol. The van der Waals surface area contributed by atoms with Crippen molar-refractivity contribution in [3.63, 3.8) is 0 Å². The summed E-state index contributed by atoms with van der Waals surface area (Å²) in [7, 11) is 0. The van der Waals surface area contributed by atoms with E-state index in [2.05, 4.69) is 15.6 Å². The monoisotopic (exact) mass is 322 g/mol. The maximum Gasteiger partial charge on any atom is 0.156 e. The largest absolute Gasteiger partial charge is 0.376 e. The molecule has 0 unspecified atom stereocenters. The van der Waals surface area contributed by atoms with Crippen molar-refractivity contribution in [1.82, 2.24) is 15.3 Å². The predicted molar refractivity (Wildman–Crippen MR) is 86.7 cm³/mol. The Morgan fingerprint density at radius 1 is 1.26 bits per heavy atom. The number of rotatable bonds is 6. The lowest BCUT2D eigenvalue weighted by Crippen LogP contribution is -2.34. The number of hydrogen-bond donors (Lipinski definition) is 2. The van der Waals surface area contributed by atoms with Crippen molar-refractivity contribution in [3.8, 4) is 0 Å². The lowest BCUT2D eigenvalue weighted by atomic mass is 10.1. The number of anilines is 1. The fourth-order valence-corrected chi connectivity index (χ4v) is 2.87. The van der Waals surface area contributed by atoms with E-state index in [0.29, 0.717) is 39.6 Å². The molecule has 3 heterocycles. The van der Waals surface area contributed by atoms with Crippen molar-refractivity contribution in [3.05, 3.63) is 17.1 Å². The quantitative estimate of drug-likeness (QED) is 0.791. The minimum absolute atomic E-state index is 0.0774. The van der Waals surface area contributed by atoms with E-state index in [4.69, 9.17) is 19.2 Å². The van der Waals surface area contributed by atoms with Crippen LogP contribution in [-0.4, -0.2) is 62.1 Å². The van der Waals surface area contributed by atoms with Crippen LogP contribution < -0.4 is 10.6 Å². The Morgan fingerprint density at radius 2 is 2.17 bits per heavy atom. The molecule has 7 nitrogen and oxygen atoms in total. The molecule has 1 fully saturated rings. The Hall–Kier alpha value is -1.28. The zero-order valence-electron chi connectivity index (χ0n) is 13.8. The molecule has 2 N–H and O–H groups in total. The first-order valence-electron chi connectivity index (χ1n) is 8.47. The molecule has 0 aliphatic carbocycles. The van der Waals surface area contributed by atoms with Crippen LogP contribution in [0, 0.1) is 0 Å². The topological polar surface area (TPSA) is 77.5 Å². The molecule has 23 heavy (non-hydrogen) atoms. The zero-order valence-corrected chi connectivity index (χ0v) is 13.8. The number of nitrogens with zero attached hydrogens (tertiary/aromatic N) is 2. The van der Waals surface area contributed by atoms with Gasteiger partial charge in [0.25, 0.3) is 0 Å². The van der Waals surface area contributed by atoms with E-state index in [9.17, 15) is 0 Å². The molecule has 0 bridgehead atoms. The smallest absolute Gasteiger partial charge is 0.156 e. The van der Waals surface area contributed by atoms with Gasteiger partial charge in [0.1, 0.15) is 12.4 Å². The number of aromatic nitrogens is 2. The predicted octanol–water partition coefficient (Wildman–Crippen LogP) is 0.529.